The van der Waals surface area contributed by atoms with Crippen LogP contribution in [0.4, 0.5) is 0 Å². The predicted molar refractivity (Wildman–Crippen MR) is 113 cm³/mol. The van der Waals surface area contributed by atoms with Gasteiger partial charge in [-0.15, -0.1) is 0 Å². The summed E-state index contributed by atoms with van der Waals surface area (Å²) in [6, 6.07) is 0.333. The van der Waals surface area contributed by atoms with Crippen LogP contribution in [0.3, 0.4) is 0 Å². The number of nitrogens with two attached hydrogens (primary N) is 1. The summed E-state index contributed by atoms with van der Waals surface area (Å²) in [4.78, 5) is 17.6. The number of carbonyl (C=O) groups is 1. The van der Waals surface area contributed by atoms with Crippen LogP contribution in [0.25, 0.3) is 0 Å². The van der Waals surface area contributed by atoms with E-state index in [1.807, 2.05) is 39.5 Å². The molecule has 0 spiro atoms. The smallest absolute Gasteiger partial charge is 0.168 e. The van der Waals surface area contributed by atoms with Crippen LogP contribution in [0.5, 0.6) is 0 Å². The number of hydrogen-bond acceptors (Lipinski definition) is 6. The number of oxime groups is 1. The number of rotatable bonds is 9. The van der Waals surface area contributed by atoms with Crippen molar-refractivity contribution < 1.29 is 14.7 Å². The lowest BCUT2D eigenvalue weighted by Gasteiger charge is -2.25. The van der Waals surface area contributed by atoms with Gasteiger partial charge in [0.05, 0.1) is 11.3 Å². The average Bonchev–Trinajstić information content (AvgIpc) is 2.51. The molecule has 0 aromatic carbocycles. The Morgan fingerprint density at radius 2 is 1.92 bits per heavy atom. The van der Waals surface area contributed by atoms with E-state index in [1.54, 1.807) is 0 Å². The number of hydrogen-bond donors (Lipinski definition) is 2. The molecule has 0 bridgehead atoms. The third-order valence-corrected chi connectivity index (χ3v) is 4.81. The Balaban J connectivity index is 0.00000141. The molecule has 0 radical (unpaired) electrons. The maximum absolute atomic E-state index is 12.5. The highest BCUT2D eigenvalue weighted by Gasteiger charge is 2.31. The Morgan fingerprint density at radius 1 is 1.31 bits per heavy atom. The van der Waals surface area contributed by atoms with Crippen LogP contribution in [0.1, 0.15) is 73.6 Å². The molecule has 6 heteroatoms. The number of Topliss-reactive ketones (excluding diaryl/α,β-unsaturated/α-hetero) is 1. The minimum absolute atomic E-state index is 0.00866. The SMILES string of the molecule is CC(C)N.CCCC(=NOCC)C1=C(O)CC(CC(C)SCC)CC1=O. The van der Waals surface area contributed by atoms with E-state index < -0.39 is 0 Å². The highest BCUT2D eigenvalue weighted by Crippen LogP contribution is 2.32. The molecule has 5 nitrogen and oxygen atoms in total. The van der Waals surface area contributed by atoms with E-state index in [4.69, 9.17) is 10.6 Å². The van der Waals surface area contributed by atoms with Gasteiger partial charge < -0.3 is 15.7 Å². The summed E-state index contributed by atoms with van der Waals surface area (Å²) in [6.45, 7) is 12.6. The van der Waals surface area contributed by atoms with Crippen LogP contribution in [0.15, 0.2) is 16.5 Å². The summed E-state index contributed by atoms with van der Waals surface area (Å²) in [5.41, 5.74) is 6.11. The summed E-state index contributed by atoms with van der Waals surface area (Å²) >= 11 is 1.90. The number of aliphatic hydroxyl groups excluding tert-OH is 1. The van der Waals surface area contributed by atoms with E-state index in [0.717, 1.165) is 18.6 Å². The zero-order chi connectivity index (χ0) is 20.1. The molecule has 1 aliphatic carbocycles. The Morgan fingerprint density at radius 3 is 2.38 bits per heavy atom. The standard InChI is InChI=1S/C17H29NO3S.C3H9N/c1-5-8-14(18-21-6-2)17-15(19)10-13(11-16(17)20)9-12(4)22-7-3;1-3(2)4/h12-13,19H,5-11H2,1-4H3;3H,4H2,1-2H3. The van der Waals surface area contributed by atoms with Crippen LogP contribution in [0.2, 0.25) is 0 Å². The predicted octanol–water partition coefficient (Wildman–Crippen LogP) is 4.86. The van der Waals surface area contributed by atoms with Gasteiger partial charge in [-0.25, -0.2) is 0 Å². The van der Waals surface area contributed by atoms with Crippen molar-refractivity contribution in [3.8, 4) is 0 Å². The number of allylic oxidation sites excluding steroid dienone is 2. The largest absolute Gasteiger partial charge is 0.511 e. The minimum atomic E-state index is 0.00866. The van der Waals surface area contributed by atoms with Crippen molar-refractivity contribution in [2.75, 3.05) is 12.4 Å². The van der Waals surface area contributed by atoms with E-state index in [2.05, 4.69) is 19.0 Å². The van der Waals surface area contributed by atoms with E-state index in [1.165, 1.54) is 0 Å². The van der Waals surface area contributed by atoms with Gasteiger partial charge in [0.15, 0.2) is 5.78 Å². The molecular formula is C20H38N2O3S. The minimum Gasteiger partial charge on any atom is -0.511 e. The molecule has 0 heterocycles. The van der Waals surface area contributed by atoms with E-state index in [9.17, 15) is 9.90 Å². The first kappa shape index (κ1) is 25.0. The third-order valence-electron chi connectivity index (χ3n) is 3.72. The molecule has 26 heavy (non-hydrogen) atoms. The topological polar surface area (TPSA) is 84.9 Å². The fourth-order valence-corrected chi connectivity index (χ4v) is 3.86. The lowest BCUT2D eigenvalue weighted by molar-refractivity contribution is -0.116. The number of aliphatic hydroxyl groups is 1. The highest BCUT2D eigenvalue weighted by atomic mass is 32.2. The summed E-state index contributed by atoms with van der Waals surface area (Å²) in [5, 5.41) is 14.9. The van der Waals surface area contributed by atoms with Gasteiger partial charge in [0, 0.05) is 18.1 Å². The quantitative estimate of drug-likeness (QED) is 0.437. The molecule has 0 saturated carbocycles. The second-order valence-corrected chi connectivity index (χ2v) is 8.69. The van der Waals surface area contributed by atoms with Crippen LogP contribution in [0, 0.1) is 5.92 Å². The first-order valence-electron chi connectivity index (χ1n) is 9.78. The molecule has 0 saturated heterocycles. The molecule has 1 rings (SSSR count). The lowest BCUT2D eigenvalue weighted by Crippen LogP contribution is -2.26. The van der Waals surface area contributed by atoms with Gasteiger partial charge in [-0.2, -0.15) is 11.8 Å². The number of thioether (sulfide) groups is 1. The number of carbonyl (C=O) groups excluding carboxylic acids is 1. The van der Waals surface area contributed by atoms with Crippen LogP contribution in [-0.4, -0.2) is 40.3 Å². The summed E-state index contributed by atoms with van der Waals surface area (Å²) in [5.74, 6) is 1.52. The fourth-order valence-electron chi connectivity index (χ4n) is 2.88. The Labute approximate surface area is 163 Å². The molecule has 1 aliphatic rings. The number of ketones is 1. The van der Waals surface area contributed by atoms with Crippen LogP contribution >= 0.6 is 11.8 Å². The van der Waals surface area contributed by atoms with Crippen molar-refractivity contribution in [2.24, 2.45) is 16.8 Å². The van der Waals surface area contributed by atoms with Crippen LogP contribution in [-0.2, 0) is 9.63 Å². The van der Waals surface area contributed by atoms with Crippen molar-refractivity contribution in [3.63, 3.8) is 0 Å². The van der Waals surface area contributed by atoms with Gasteiger partial charge in [-0.05, 0) is 37.5 Å². The summed E-state index contributed by atoms with van der Waals surface area (Å²) < 4.78 is 0. The van der Waals surface area contributed by atoms with E-state index >= 15 is 0 Å². The molecule has 0 aliphatic heterocycles. The molecule has 2 unspecified atom stereocenters. The zero-order valence-electron chi connectivity index (χ0n) is 17.4. The zero-order valence-corrected chi connectivity index (χ0v) is 18.2. The molecule has 3 N–H and O–H groups in total. The van der Waals surface area contributed by atoms with Gasteiger partial charge in [0.2, 0.25) is 0 Å². The van der Waals surface area contributed by atoms with Gasteiger partial charge in [-0.3, -0.25) is 4.79 Å². The van der Waals surface area contributed by atoms with Crippen molar-refractivity contribution >= 4 is 23.3 Å². The van der Waals surface area contributed by atoms with Gasteiger partial charge in [-0.1, -0.05) is 46.2 Å². The van der Waals surface area contributed by atoms with Gasteiger partial charge in [0.25, 0.3) is 0 Å². The average molecular weight is 387 g/mol. The van der Waals surface area contributed by atoms with Crippen molar-refractivity contribution in [2.45, 2.75) is 84.9 Å². The Hall–Kier alpha value is -1.01. The highest BCUT2D eigenvalue weighted by molar-refractivity contribution is 7.99. The molecular weight excluding hydrogens is 348 g/mol. The normalized spacial score (nSPS) is 19.3. The lowest BCUT2D eigenvalue weighted by atomic mass is 9.82. The molecule has 0 aromatic rings. The molecule has 152 valence electrons. The molecule has 0 fully saturated rings. The Bertz CT molecular complexity index is 473. The third kappa shape index (κ3) is 10.2. The van der Waals surface area contributed by atoms with Gasteiger partial charge >= 0.3 is 0 Å². The second-order valence-electron chi connectivity index (χ2n) is 6.97. The van der Waals surface area contributed by atoms with Crippen LogP contribution < -0.4 is 5.73 Å². The van der Waals surface area contributed by atoms with Crippen molar-refractivity contribution in [1.29, 1.82) is 0 Å². The molecule has 0 amide bonds. The Kier molecular flexibility index (Phi) is 13.6. The second kappa shape index (κ2) is 14.1. The van der Waals surface area contributed by atoms with Crippen molar-refractivity contribution in [1.82, 2.24) is 0 Å². The van der Waals surface area contributed by atoms with E-state index in [0.29, 0.717) is 48.4 Å². The van der Waals surface area contributed by atoms with Gasteiger partial charge in [0.1, 0.15) is 12.4 Å². The molecule has 0 aromatic heterocycles. The maximum atomic E-state index is 12.5. The summed E-state index contributed by atoms with van der Waals surface area (Å²) in [6.07, 6.45) is 3.56. The first-order valence-corrected chi connectivity index (χ1v) is 10.8. The fraction of sp³-hybridized carbons (Fsp3) is 0.800. The maximum Gasteiger partial charge on any atom is 0.168 e. The summed E-state index contributed by atoms with van der Waals surface area (Å²) in [7, 11) is 0. The first-order chi connectivity index (χ1) is 12.3. The van der Waals surface area contributed by atoms with Crippen molar-refractivity contribution in [3.05, 3.63) is 11.3 Å². The monoisotopic (exact) mass is 386 g/mol. The molecule has 2 atom stereocenters. The van der Waals surface area contributed by atoms with E-state index in [-0.39, 0.29) is 17.5 Å². The number of nitrogens with zero attached hydrogens (tertiary/aromatic N) is 1.